The smallest absolute Gasteiger partial charge is 0.180 e. The molecule has 0 aromatic heterocycles. The predicted molar refractivity (Wildman–Crippen MR) is 133 cm³/mol. The number of hydrogen-bond donors (Lipinski definition) is 0. The van der Waals surface area contributed by atoms with Crippen molar-refractivity contribution in [1.82, 2.24) is 0 Å². The largest absolute Gasteiger partial charge is 0.456 e. The fraction of sp³-hybridized carbons (Fsp3) is 0.222. The molecule has 4 rings (SSSR count). The molecule has 0 bridgehead atoms. The molecule has 1 heterocycles. The van der Waals surface area contributed by atoms with Crippen molar-refractivity contribution < 1.29 is 9.53 Å². The summed E-state index contributed by atoms with van der Waals surface area (Å²) in [6.07, 6.45) is 3.67. The van der Waals surface area contributed by atoms with Gasteiger partial charge in [0.25, 0.3) is 0 Å². The van der Waals surface area contributed by atoms with Crippen molar-refractivity contribution in [3.05, 3.63) is 83.8 Å². The van der Waals surface area contributed by atoms with E-state index in [1.807, 2.05) is 38.1 Å². The average molecular weight is 452 g/mol. The van der Waals surface area contributed by atoms with E-state index in [-0.39, 0.29) is 0 Å². The van der Waals surface area contributed by atoms with Crippen LogP contribution in [-0.4, -0.2) is 19.0 Å². The van der Waals surface area contributed by atoms with E-state index in [2.05, 4.69) is 43.2 Å². The summed E-state index contributed by atoms with van der Waals surface area (Å²) in [5.74, 6) is 2.06. The van der Waals surface area contributed by atoms with Crippen LogP contribution in [-0.2, 0) is 4.79 Å². The Hall–Kier alpha value is -4.31. The molecular weight excluding hydrogens is 426 g/mol. The summed E-state index contributed by atoms with van der Waals surface area (Å²) < 4.78 is 5.20. The molecule has 7 heteroatoms. The van der Waals surface area contributed by atoms with Crippen LogP contribution >= 0.6 is 0 Å². The summed E-state index contributed by atoms with van der Waals surface area (Å²) in [7, 11) is 0. The fourth-order valence-corrected chi connectivity index (χ4v) is 3.79. The molecule has 0 radical (unpaired) electrons. The lowest BCUT2D eigenvalue weighted by atomic mass is 10.1. The van der Waals surface area contributed by atoms with Crippen molar-refractivity contribution in [1.29, 1.82) is 0 Å². The number of aryl methyl sites for hydroxylation is 2. The highest BCUT2D eigenvalue weighted by molar-refractivity contribution is 5.60. The molecule has 3 aromatic carbocycles. The molecule has 0 unspecified atom stereocenters. The van der Waals surface area contributed by atoms with E-state index in [1.54, 1.807) is 24.3 Å². The molecule has 0 amide bonds. The lowest BCUT2D eigenvalue weighted by Crippen LogP contribution is -2.17. The van der Waals surface area contributed by atoms with Gasteiger partial charge in [-0.1, -0.05) is 0 Å². The van der Waals surface area contributed by atoms with E-state index in [9.17, 15) is 4.79 Å². The summed E-state index contributed by atoms with van der Waals surface area (Å²) in [4.78, 5) is 12.5. The van der Waals surface area contributed by atoms with Gasteiger partial charge in [-0.3, -0.25) is 0 Å². The molecule has 1 fully saturated rings. The van der Waals surface area contributed by atoms with Gasteiger partial charge in [-0.25, -0.2) is 4.79 Å². The number of carbonyl (C=O) groups excluding carboxylic acids is 1. The highest BCUT2D eigenvalue weighted by Crippen LogP contribution is 2.32. The van der Waals surface area contributed by atoms with Crippen LogP contribution in [0.15, 0.2) is 93.1 Å². The van der Waals surface area contributed by atoms with Gasteiger partial charge in [-0.15, -0.1) is 0 Å². The van der Waals surface area contributed by atoms with Crippen LogP contribution in [0.25, 0.3) is 0 Å². The molecule has 1 aliphatic rings. The third-order valence-electron chi connectivity index (χ3n) is 5.49. The number of ether oxygens (including phenoxy) is 1. The van der Waals surface area contributed by atoms with Crippen LogP contribution in [0.2, 0.25) is 0 Å². The second-order valence-electron chi connectivity index (χ2n) is 8.01. The standard InChI is InChI=1S/C27H25N5O2/c1-20-18-24(30-28-23-8-12-26(13-9-23)34-17-5-16-33)19-21(2)27(20)31-29-22-6-10-25(11-7-22)32-14-3-4-15-32/h6-13,17-19H,3-4,14-15H2,1-2H3/b30-28+,31-29+. The normalized spacial score (nSPS) is 13.3. The minimum Gasteiger partial charge on any atom is -0.456 e. The summed E-state index contributed by atoms with van der Waals surface area (Å²) in [6, 6.07) is 19.1. The monoisotopic (exact) mass is 451 g/mol. The van der Waals surface area contributed by atoms with E-state index in [0.29, 0.717) is 11.4 Å². The van der Waals surface area contributed by atoms with Crippen molar-refractivity contribution in [2.24, 2.45) is 20.5 Å². The Bertz CT molecular complexity index is 1250. The van der Waals surface area contributed by atoms with E-state index in [4.69, 9.17) is 4.74 Å². The summed E-state index contributed by atoms with van der Waals surface area (Å²) in [5.41, 5.74) is 8.47. The number of nitrogens with zero attached hydrogens (tertiary/aromatic N) is 5. The third kappa shape index (κ3) is 5.93. The highest BCUT2D eigenvalue weighted by Gasteiger charge is 2.11. The van der Waals surface area contributed by atoms with E-state index in [1.165, 1.54) is 24.5 Å². The maximum absolute atomic E-state index is 10.1. The summed E-state index contributed by atoms with van der Waals surface area (Å²) in [6.45, 7) is 6.23. The average Bonchev–Trinajstić information content (AvgIpc) is 3.39. The van der Waals surface area contributed by atoms with Crippen LogP contribution in [0.3, 0.4) is 0 Å². The lowest BCUT2D eigenvalue weighted by Gasteiger charge is -2.17. The number of anilines is 1. The quantitative estimate of drug-likeness (QED) is 0.160. The first-order chi connectivity index (χ1) is 16.6. The molecule has 0 aliphatic carbocycles. The van der Waals surface area contributed by atoms with Crippen LogP contribution in [0.5, 0.6) is 5.75 Å². The Morgan fingerprint density at radius 1 is 0.794 bits per heavy atom. The first-order valence-electron chi connectivity index (χ1n) is 11.1. The van der Waals surface area contributed by atoms with Gasteiger partial charge in [0.05, 0.1) is 22.7 Å². The Balaban J connectivity index is 1.43. The molecule has 34 heavy (non-hydrogen) atoms. The van der Waals surface area contributed by atoms with Gasteiger partial charge < -0.3 is 9.64 Å². The number of azo groups is 2. The molecule has 0 N–H and O–H groups in total. The SMILES string of the molecule is Cc1cc(/N=N/c2ccc(OC=C=C=O)cc2)cc(C)c1/N=N/c1ccc(N2CCCC2)cc1. The van der Waals surface area contributed by atoms with Gasteiger partial charge >= 0.3 is 0 Å². The van der Waals surface area contributed by atoms with Gasteiger partial charge in [0.2, 0.25) is 0 Å². The van der Waals surface area contributed by atoms with E-state index < -0.39 is 0 Å². The van der Waals surface area contributed by atoms with Crippen LogP contribution in [0.4, 0.5) is 28.4 Å². The first-order valence-corrected chi connectivity index (χ1v) is 11.1. The second-order valence-corrected chi connectivity index (χ2v) is 8.01. The molecule has 170 valence electrons. The van der Waals surface area contributed by atoms with Crippen LogP contribution < -0.4 is 9.64 Å². The van der Waals surface area contributed by atoms with Gasteiger partial charge in [-0.2, -0.15) is 20.5 Å². The van der Waals surface area contributed by atoms with Crippen molar-refractivity contribution >= 4 is 34.4 Å². The molecule has 1 aliphatic heterocycles. The topological polar surface area (TPSA) is 79.0 Å². The maximum Gasteiger partial charge on any atom is 0.180 e. The van der Waals surface area contributed by atoms with E-state index >= 15 is 0 Å². The van der Waals surface area contributed by atoms with Crippen molar-refractivity contribution in [3.63, 3.8) is 0 Å². The number of hydrogen-bond acceptors (Lipinski definition) is 7. The molecule has 7 nitrogen and oxygen atoms in total. The van der Waals surface area contributed by atoms with Gasteiger partial charge in [0.15, 0.2) is 5.94 Å². The zero-order valence-corrected chi connectivity index (χ0v) is 19.2. The predicted octanol–water partition coefficient (Wildman–Crippen LogP) is 7.61. The molecule has 1 saturated heterocycles. The zero-order valence-electron chi connectivity index (χ0n) is 19.2. The zero-order chi connectivity index (χ0) is 23.8. The van der Waals surface area contributed by atoms with Gasteiger partial charge in [0, 0.05) is 24.5 Å². The molecule has 3 aromatic rings. The lowest BCUT2D eigenvalue weighted by molar-refractivity contribution is 0.482. The van der Waals surface area contributed by atoms with Crippen molar-refractivity contribution in [2.75, 3.05) is 18.0 Å². The molecule has 0 saturated carbocycles. The number of rotatable bonds is 7. The minimum atomic E-state index is 0.564. The first kappa shape index (κ1) is 22.9. The minimum absolute atomic E-state index is 0.564. The maximum atomic E-state index is 10.1. The van der Waals surface area contributed by atoms with Gasteiger partial charge in [0.1, 0.15) is 12.0 Å². The van der Waals surface area contributed by atoms with Crippen molar-refractivity contribution in [2.45, 2.75) is 26.7 Å². The Labute approximate surface area is 198 Å². The molecule has 0 spiro atoms. The Kier molecular flexibility index (Phi) is 7.41. The molecule has 0 atom stereocenters. The third-order valence-corrected chi connectivity index (χ3v) is 5.49. The summed E-state index contributed by atoms with van der Waals surface area (Å²) in [5, 5.41) is 17.6. The van der Waals surface area contributed by atoms with Crippen LogP contribution in [0.1, 0.15) is 24.0 Å². The summed E-state index contributed by atoms with van der Waals surface area (Å²) >= 11 is 0. The fourth-order valence-electron chi connectivity index (χ4n) is 3.79. The Morgan fingerprint density at radius 3 is 1.97 bits per heavy atom. The van der Waals surface area contributed by atoms with E-state index in [0.717, 1.165) is 47.5 Å². The second kappa shape index (κ2) is 11.0. The van der Waals surface area contributed by atoms with Crippen LogP contribution in [0, 0.1) is 13.8 Å². The molecular formula is C27H25N5O2. The van der Waals surface area contributed by atoms with Gasteiger partial charge in [-0.05, 0) is 98.5 Å². The van der Waals surface area contributed by atoms with Crippen molar-refractivity contribution in [3.8, 4) is 5.75 Å². The number of benzene rings is 3. The highest BCUT2D eigenvalue weighted by atomic mass is 16.5. The Morgan fingerprint density at radius 2 is 1.35 bits per heavy atom.